The summed E-state index contributed by atoms with van der Waals surface area (Å²) in [7, 11) is 0. The van der Waals surface area contributed by atoms with Crippen LogP contribution >= 0.6 is 0 Å². The number of carbonyl (C=O) groups is 1. The van der Waals surface area contributed by atoms with Crippen LogP contribution in [0.5, 0.6) is 0 Å². The minimum Gasteiger partial charge on any atom is -0.361 e. The molecular weight excluding hydrogens is 300 g/mol. The van der Waals surface area contributed by atoms with Crippen LogP contribution in [0.4, 0.5) is 11.4 Å². The van der Waals surface area contributed by atoms with E-state index < -0.39 is 0 Å². The van der Waals surface area contributed by atoms with E-state index in [0.29, 0.717) is 11.1 Å². The second-order valence-corrected chi connectivity index (χ2v) is 5.40. The van der Waals surface area contributed by atoms with Crippen molar-refractivity contribution < 1.29 is 4.79 Å². The monoisotopic (exact) mass is 312 g/mol. The van der Waals surface area contributed by atoms with Crippen molar-refractivity contribution in [2.45, 2.75) is 0 Å². The third-order valence-electron chi connectivity index (χ3n) is 3.94. The van der Waals surface area contributed by atoms with Crippen molar-refractivity contribution in [2.24, 2.45) is 0 Å². The first kappa shape index (κ1) is 14.0. The molecule has 5 heteroatoms. The first-order chi connectivity index (χ1) is 11.8. The highest BCUT2D eigenvalue weighted by Gasteiger charge is 2.26. The average Bonchev–Trinajstić information content (AvgIpc) is 2.96. The number of aromatic nitrogens is 1. The van der Waals surface area contributed by atoms with Gasteiger partial charge in [-0.15, -0.1) is 0 Å². The molecule has 0 atom stereocenters. The lowest BCUT2D eigenvalue weighted by atomic mass is 10.0. The van der Waals surface area contributed by atoms with Crippen LogP contribution in [0.1, 0.15) is 11.1 Å². The predicted octanol–water partition coefficient (Wildman–Crippen LogP) is 3.51. The third kappa shape index (κ3) is 2.27. The summed E-state index contributed by atoms with van der Waals surface area (Å²) in [6.45, 7) is 0. The number of rotatable bonds is 2. The Kier molecular flexibility index (Phi) is 3.22. The number of anilines is 2. The van der Waals surface area contributed by atoms with Crippen LogP contribution in [0.3, 0.4) is 0 Å². The van der Waals surface area contributed by atoms with Gasteiger partial charge < -0.3 is 10.6 Å². The van der Waals surface area contributed by atoms with Gasteiger partial charge in [0, 0.05) is 34.7 Å². The fraction of sp³-hybridized carbons (Fsp3) is 0. The maximum absolute atomic E-state index is 12.3. The molecule has 0 aliphatic carbocycles. The molecule has 1 aromatic heterocycles. The number of fused-ring (bicyclic) bond motifs is 3. The summed E-state index contributed by atoms with van der Waals surface area (Å²) in [5.74, 6) is -0.150. The van der Waals surface area contributed by atoms with Crippen molar-refractivity contribution in [1.82, 2.24) is 4.98 Å². The van der Waals surface area contributed by atoms with E-state index in [1.54, 1.807) is 36.7 Å². The van der Waals surface area contributed by atoms with Gasteiger partial charge in [-0.25, -0.2) is 0 Å². The summed E-state index contributed by atoms with van der Waals surface area (Å²) in [5.41, 5.74) is 4.44. The molecule has 1 amide bonds. The Morgan fingerprint density at radius 2 is 1.96 bits per heavy atom. The molecule has 1 aliphatic heterocycles. The molecule has 1 aliphatic rings. The lowest BCUT2D eigenvalue weighted by Crippen LogP contribution is -2.05. The maximum Gasteiger partial charge on any atom is 0.257 e. The van der Waals surface area contributed by atoms with Crippen LogP contribution in [0.25, 0.3) is 16.5 Å². The number of hydrogen-bond donors (Lipinski definition) is 2. The van der Waals surface area contributed by atoms with E-state index in [9.17, 15) is 4.79 Å². The first-order valence-electron chi connectivity index (χ1n) is 7.42. The number of nitrogens with zero attached hydrogens (tertiary/aromatic N) is 2. The van der Waals surface area contributed by atoms with Gasteiger partial charge in [-0.3, -0.25) is 9.78 Å². The van der Waals surface area contributed by atoms with E-state index in [0.717, 1.165) is 27.8 Å². The van der Waals surface area contributed by atoms with Crippen LogP contribution in [0, 0.1) is 11.3 Å². The molecule has 2 N–H and O–H groups in total. The Morgan fingerprint density at radius 3 is 2.75 bits per heavy atom. The molecule has 5 nitrogen and oxygen atoms in total. The highest BCUT2D eigenvalue weighted by Crippen LogP contribution is 2.36. The Bertz CT molecular complexity index is 1030. The second kappa shape index (κ2) is 5.52. The molecule has 0 radical (unpaired) electrons. The number of nitriles is 1. The number of hydrogen-bond acceptors (Lipinski definition) is 4. The summed E-state index contributed by atoms with van der Waals surface area (Å²) in [5, 5.41) is 15.8. The van der Waals surface area contributed by atoms with Crippen molar-refractivity contribution in [3.05, 3.63) is 72.1 Å². The lowest BCUT2D eigenvalue weighted by Gasteiger charge is -2.05. The van der Waals surface area contributed by atoms with Gasteiger partial charge in [0.2, 0.25) is 0 Å². The Labute approximate surface area is 138 Å². The van der Waals surface area contributed by atoms with Gasteiger partial charge in [0.05, 0.1) is 22.7 Å². The molecule has 0 saturated heterocycles. The number of benzene rings is 2. The van der Waals surface area contributed by atoms with Crippen LogP contribution in [0.2, 0.25) is 0 Å². The van der Waals surface area contributed by atoms with Crippen molar-refractivity contribution >= 4 is 33.8 Å². The smallest absolute Gasteiger partial charge is 0.257 e. The normalized spacial score (nSPS) is 14.3. The summed E-state index contributed by atoms with van der Waals surface area (Å²) in [6.07, 6.45) is 3.42. The molecule has 0 fully saturated rings. The predicted molar refractivity (Wildman–Crippen MR) is 93.1 cm³/mol. The topological polar surface area (TPSA) is 77.8 Å². The van der Waals surface area contributed by atoms with E-state index in [4.69, 9.17) is 5.26 Å². The summed E-state index contributed by atoms with van der Waals surface area (Å²) >= 11 is 0. The highest BCUT2D eigenvalue weighted by molar-refractivity contribution is 6.34. The number of pyridine rings is 1. The van der Waals surface area contributed by atoms with Gasteiger partial charge in [-0.05, 0) is 42.5 Å². The van der Waals surface area contributed by atoms with Gasteiger partial charge in [0.25, 0.3) is 5.91 Å². The maximum atomic E-state index is 12.3. The molecule has 4 rings (SSSR count). The molecule has 0 saturated carbocycles. The van der Waals surface area contributed by atoms with Crippen molar-refractivity contribution in [2.75, 3.05) is 10.6 Å². The van der Waals surface area contributed by atoms with Crippen molar-refractivity contribution in [3.63, 3.8) is 0 Å². The van der Waals surface area contributed by atoms with E-state index >= 15 is 0 Å². The number of carbonyl (C=O) groups excluding carboxylic acids is 1. The third-order valence-corrected chi connectivity index (χ3v) is 3.94. The quantitative estimate of drug-likeness (QED) is 0.710. The number of nitrogens with one attached hydrogen (secondary N) is 2. The molecule has 3 aromatic rings. The Hall–Kier alpha value is -3.65. The summed E-state index contributed by atoms with van der Waals surface area (Å²) in [4.78, 5) is 16.7. The molecule has 0 bridgehead atoms. The minimum atomic E-state index is -0.150. The zero-order chi connectivity index (χ0) is 16.5. The van der Waals surface area contributed by atoms with Crippen LogP contribution in [0.15, 0.2) is 60.9 Å². The Morgan fingerprint density at radius 1 is 1.12 bits per heavy atom. The lowest BCUT2D eigenvalue weighted by molar-refractivity contribution is -0.110. The molecule has 0 spiro atoms. The number of amides is 1. The van der Waals surface area contributed by atoms with Gasteiger partial charge >= 0.3 is 0 Å². The van der Waals surface area contributed by atoms with E-state index in [-0.39, 0.29) is 5.91 Å². The van der Waals surface area contributed by atoms with E-state index in [1.807, 2.05) is 24.3 Å². The molecular formula is C19H12N4O. The summed E-state index contributed by atoms with van der Waals surface area (Å²) in [6, 6.07) is 16.7. The first-order valence-corrected chi connectivity index (χ1v) is 7.42. The largest absolute Gasteiger partial charge is 0.361 e. The van der Waals surface area contributed by atoms with Crippen molar-refractivity contribution in [1.29, 1.82) is 5.26 Å². The fourth-order valence-corrected chi connectivity index (χ4v) is 2.78. The molecule has 2 aromatic carbocycles. The zero-order valence-corrected chi connectivity index (χ0v) is 12.6. The molecule has 114 valence electrons. The van der Waals surface area contributed by atoms with Gasteiger partial charge in [0.1, 0.15) is 0 Å². The molecule has 24 heavy (non-hydrogen) atoms. The standard InChI is InChI=1S/C19H12N4O/c20-10-12-3-5-13(6-4-12)22-11-15-18-14-2-1-9-21-16(14)7-8-17(18)23-19(15)24/h1-9,11,22H,(H,23,24). The van der Waals surface area contributed by atoms with E-state index in [2.05, 4.69) is 21.7 Å². The fourth-order valence-electron chi connectivity index (χ4n) is 2.78. The molecule has 2 heterocycles. The SMILES string of the molecule is N#Cc1ccc(NC=C2C(=O)Nc3ccc4ncccc4c32)cc1. The summed E-state index contributed by atoms with van der Waals surface area (Å²) < 4.78 is 0. The van der Waals surface area contributed by atoms with Crippen molar-refractivity contribution in [3.8, 4) is 6.07 Å². The van der Waals surface area contributed by atoms with Crippen LogP contribution < -0.4 is 10.6 Å². The highest BCUT2D eigenvalue weighted by atomic mass is 16.2. The van der Waals surface area contributed by atoms with Gasteiger partial charge in [0.15, 0.2) is 0 Å². The van der Waals surface area contributed by atoms with E-state index in [1.165, 1.54) is 0 Å². The zero-order valence-electron chi connectivity index (χ0n) is 12.6. The van der Waals surface area contributed by atoms with Gasteiger partial charge in [-0.2, -0.15) is 5.26 Å². The Balaban J connectivity index is 1.75. The minimum absolute atomic E-state index is 0.150. The van der Waals surface area contributed by atoms with Crippen LogP contribution in [-0.2, 0) is 4.79 Å². The van der Waals surface area contributed by atoms with Crippen LogP contribution in [-0.4, -0.2) is 10.9 Å². The van der Waals surface area contributed by atoms with Gasteiger partial charge in [-0.1, -0.05) is 6.07 Å². The second-order valence-electron chi connectivity index (χ2n) is 5.40. The molecule has 0 unspecified atom stereocenters. The average molecular weight is 312 g/mol.